The van der Waals surface area contributed by atoms with Crippen molar-refractivity contribution >= 4 is 5.91 Å². The van der Waals surface area contributed by atoms with Crippen LogP contribution in [0.5, 0.6) is 0 Å². The van der Waals surface area contributed by atoms with Gasteiger partial charge in [-0.2, -0.15) is 0 Å². The molecule has 0 aliphatic heterocycles. The van der Waals surface area contributed by atoms with Gasteiger partial charge in [-0.25, -0.2) is 0 Å². The first kappa shape index (κ1) is 10.5. The number of carbonyl (C=O) groups is 1. The molecule has 14 heavy (non-hydrogen) atoms. The van der Waals surface area contributed by atoms with Crippen molar-refractivity contribution in [1.82, 2.24) is 4.57 Å². The van der Waals surface area contributed by atoms with Crippen LogP contribution in [-0.4, -0.2) is 10.5 Å². The van der Waals surface area contributed by atoms with E-state index in [1.54, 1.807) is 16.8 Å². The fraction of sp³-hybridized carbons (Fsp3) is 0.400. The zero-order valence-corrected chi connectivity index (χ0v) is 8.19. The molecule has 0 saturated carbocycles. The van der Waals surface area contributed by atoms with Crippen molar-refractivity contribution in [2.75, 3.05) is 0 Å². The summed E-state index contributed by atoms with van der Waals surface area (Å²) in [6.07, 6.45) is 2.71. The third-order valence-corrected chi connectivity index (χ3v) is 1.95. The molecule has 0 aromatic carbocycles. The number of rotatable bonds is 4. The van der Waals surface area contributed by atoms with E-state index >= 15 is 0 Å². The van der Waals surface area contributed by atoms with Gasteiger partial charge in [0.25, 0.3) is 5.56 Å². The fourth-order valence-corrected chi connectivity index (χ4v) is 1.25. The minimum atomic E-state index is -0.328. The van der Waals surface area contributed by atoms with Crippen LogP contribution in [0, 0.1) is 6.92 Å². The van der Waals surface area contributed by atoms with Crippen molar-refractivity contribution in [3.05, 3.63) is 34.2 Å². The molecule has 1 aromatic rings. The number of hydrogen-bond donors (Lipinski definition) is 1. The van der Waals surface area contributed by atoms with Crippen molar-refractivity contribution in [2.24, 2.45) is 5.73 Å². The molecule has 4 heteroatoms. The Balaban J connectivity index is 2.62. The van der Waals surface area contributed by atoms with Crippen LogP contribution in [0.15, 0.2) is 23.1 Å². The number of pyridine rings is 1. The summed E-state index contributed by atoms with van der Waals surface area (Å²) in [6, 6.07) is 3.30. The van der Waals surface area contributed by atoms with Gasteiger partial charge in [0.2, 0.25) is 5.91 Å². The van der Waals surface area contributed by atoms with E-state index in [1.165, 1.54) is 6.07 Å². The maximum atomic E-state index is 11.3. The molecule has 1 rings (SSSR count). The molecule has 1 heterocycles. The lowest BCUT2D eigenvalue weighted by atomic mass is 10.2. The van der Waals surface area contributed by atoms with Gasteiger partial charge in [-0.15, -0.1) is 0 Å². The first-order valence-electron chi connectivity index (χ1n) is 4.55. The zero-order chi connectivity index (χ0) is 10.6. The highest BCUT2D eigenvalue weighted by Crippen LogP contribution is 1.95. The lowest BCUT2D eigenvalue weighted by Gasteiger charge is -2.04. The molecule has 1 amide bonds. The second kappa shape index (κ2) is 4.60. The second-order valence-electron chi connectivity index (χ2n) is 3.31. The average Bonchev–Trinajstić information content (AvgIpc) is 2.10. The SMILES string of the molecule is Cc1ccc(=O)n(CCCC(N)=O)c1. The van der Waals surface area contributed by atoms with Crippen LogP contribution < -0.4 is 11.3 Å². The van der Waals surface area contributed by atoms with Crippen LogP contribution >= 0.6 is 0 Å². The Kier molecular flexibility index (Phi) is 3.45. The van der Waals surface area contributed by atoms with Gasteiger partial charge in [-0.3, -0.25) is 9.59 Å². The zero-order valence-electron chi connectivity index (χ0n) is 8.19. The van der Waals surface area contributed by atoms with Crippen molar-refractivity contribution in [2.45, 2.75) is 26.3 Å². The van der Waals surface area contributed by atoms with E-state index in [0.717, 1.165) is 5.56 Å². The smallest absolute Gasteiger partial charge is 0.250 e. The van der Waals surface area contributed by atoms with E-state index in [1.807, 2.05) is 6.92 Å². The molecule has 0 atom stereocenters. The van der Waals surface area contributed by atoms with Gasteiger partial charge in [-0.1, -0.05) is 6.07 Å². The molecular weight excluding hydrogens is 180 g/mol. The molecular formula is C10H14N2O2. The van der Waals surface area contributed by atoms with E-state index in [-0.39, 0.29) is 11.5 Å². The summed E-state index contributed by atoms with van der Waals surface area (Å²) in [4.78, 5) is 21.8. The third kappa shape index (κ3) is 3.05. The number of carbonyl (C=O) groups excluding carboxylic acids is 1. The summed E-state index contributed by atoms with van der Waals surface area (Å²) in [5.41, 5.74) is 5.99. The van der Waals surface area contributed by atoms with Crippen molar-refractivity contribution in [3.63, 3.8) is 0 Å². The van der Waals surface area contributed by atoms with E-state index in [9.17, 15) is 9.59 Å². The number of amides is 1. The topological polar surface area (TPSA) is 65.1 Å². The molecule has 0 spiro atoms. The van der Waals surface area contributed by atoms with Gasteiger partial charge in [0.05, 0.1) is 0 Å². The Hall–Kier alpha value is -1.58. The molecule has 0 radical (unpaired) electrons. The Morgan fingerprint density at radius 1 is 1.50 bits per heavy atom. The van der Waals surface area contributed by atoms with Gasteiger partial charge in [0, 0.05) is 25.2 Å². The van der Waals surface area contributed by atoms with E-state index in [0.29, 0.717) is 19.4 Å². The molecule has 2 N–H and O–H groups in total. The molecule has 0 fully saturated rings. The number of aryl methyl sites for hydroxylation is 2. The Bertz CT molecular complexity index is 382. The van der Waals surface area contributed by atoms with Crippen LogP contribution in [0.3, 0.4) is 0 Å². The Morgan fingerprint density at radius 3 is 2.86 bits per heavy atom. The molecule has 0 unspecified atom stereocenters. The summed E-state index contributed by atoms with van der Waals surface area (Å²) < 4.78 is 1.60. The van der Waals surface area contributed by atoms with Crippen molar-refractivity contribution in [3.8, 4) is 0 Å². The fourth-order valence-electron chi connectivity index (χ4n) is 1.25. The number of nitrogens with zero attached hydrogens (tertiary/aromatic N) is 1. The second-order valence-corrected chi connectivity index (χ2v) is 3.31. The van der Waals surface area contributed by atoms with E-state index in [4.69, 9.17) is 5.73 Å². The van der Waals surface area contributed by atoms with Crippen LogP contribution in [0.4, 0.5) is 0 Å². The first-order chi connectivity index (χ1) is 6.59. The predicted octanol–water partition coefficient (Wildman–Crippen LogP) is 0.422. The summed E-state index contributed by atoms with van der Waals surface area (Å²) in [5, 5.41) is 0. The standard InChI is InChI=1S/C10H14N2O2/c1-8-4-5-10(14)12(7-8)6-2-3-9(11)13/h4-5,7H,2-3,6H2,1H3,(H2,11,13). The molecule has 0 bridgehead atoms. The van der Waals surface area contributed by atoms with Crippen molar-refractivity contribution in [1.29, 1.82) is 0 Å². The van der Waals surface area contributed by atoms with Crippen LogP contribution in [-0.2, 0) is 11.3 Å². The Morgan fingerprint density at radius 2 is 2.21 bits per heavy atom. The number of nitrogens with two attached hydrogens (primary N) is 1. The average molecular weight is 194 g/mol. The minimum absolute atomic E-state index is 0.0416. The van der Waals surface area contributed by atoms with Gasteiger partial charge in [-0.05, 0) is 18.9 Å². The molecule has 0 aliphatic carbocycles. The summed E-state index contributed by atoms with van der Waals surface area (Å²) in [6.45, 7) is 2.47. The quantitative estimate of drug-likeness (QED) is 0.755. The first-order valence-corrected chi connectivity index (χ1v) is 4.55. The lowest BCUT2D eigenvalue weighted by molar-refractivity contribution is -0.118. The van der Waals surface area contributed by atoms with Crippen LogP contribution in [0.1, 0.15) is 18.4 Å². The number of hydrogen-bond acceptors (Lipinski definition) is 2. The minimum Gasteiger partial charge on any atom is -0.370 e. The molecule has 76 valence electrons. The monoisotopic (exact) mass is 194 g/mol. The normalized spacial score (nSPS) is 10.1. The van der Waals surface area contributed by atoms with Gasteiger partial charge in [0.1, 0.15) is 0 Å². The maximum Gasteiger partial charge on any atom is 0.250 e. The highest BCUT2D eigenvalue weighted by Gasteiger charge is 1.98. The third-order valence-electron chi connectivity index (χ3n) is 1.95. The number of aromatic nitrogens is 1. The summed E-state index contributed by atoms with van der Waals surface area (Å²) in [7, 11) is 0. The summed E-state index contributed by atoms with van der Waals surface area (Å²) in [5.74, 6) is -0.328. The van der Waals surface area contributed by atoms with E-state index in [2.05, 4.69) is 0 Å². The van der Waals surface area contributed by atoms with Gasteiger partial charge >= 0.3 is 0 Å². The van der Waals surface area contributed by atoms with Gasteiger partial charge in [0.15, 0.2) is 0 Å². The molecule has 4 nitrogen and oxygen atoms in total. The molecule has 0 aliphatic rings. The molecule has 0 saturated heterocycles. The lowest BCUT2D eigenvalue weighted by Crippen LogP contribution is -2.20. The van der Waals surface area contributed by atoms with Crippen LogP contribution in [0.25, 0.3) is 0 Å². The Labute approximate surface area is 82.3 Å². The number of primary amides is 1. The molecule has 1 aromatic heterocycles. The van der Waals surface area contributed by atoms with Gasteiger partial charge < -0.3 is 10.3 Å². The maximum absolute atomic E-state index is 11.3. The summed E-state index contributed by atoms with van der Waals surface area (Å²) >= 11 is 0. The highest BCUT2D eigenvalue weighted by atomic mass is 16.1. The predicted molar refractivity (Wildman–Crippen MR) is 53.9 cm³/mol. The van der Waals surface area contributed by atoms with Crippen LogP contribution in [0.2, 0.25) is 0 Å². The highest BCUT2D eigenvalue weighted by molar-refractivity contribution is 5.73. The van der Waals surface area contributed by atoms with E-state index < -0.39 is 0 Å². The largest absolute Gasteiger partial charge is 0.370 e. The van der Waals surface area contributed by atoms with Crippen molar-refractivity contribution < 1.29 is 4.79 Å².